The number of hydrogen-bond acceptors (Lipinski definition) is 3. The van der Waals surface area contributed by atoms with Crippen molar-refractivity contribution < 1.29 is 19.4 Å². The van der Waals surface area contributed by atoms with Crippen molar-refractivity contribution in [1.29, 1.82) is 0 Å². The SMILES string of the molecule is CCOc1cc(C)c(C(CC(=O)O)CC(=O)N(CCCl)CCCl)cc1C(C)C. The zero-order valence-corrected chi connectivity index (χ0v) is 18.6. The molecule has 0 aliphatic rings. The van der Waals surface area contributed by atoms with Crippen molar-refractivity contribution >= 4 is 35.1 Å². The molecule has 1 aromatic carbocycles. The molecule has 0 saturated carbocycles. The lowest BCUT2D eigenvalue weighted by Gasteiger charge is -2.25. The number of benzene rings is 1. The summed E-state index contributed by atoms with van der Waals surface area (Å²) in [6.45, 7) is 9.34. The highest BCUT2D eigenvalue weighted by atomic mass is 35.5. The zero-order chi connectivity index (χ0) is 21.3. The van der Waals surface area contributed by atoms with E-state index in [0.29, 0.717) is 31.5 Å². The smallest absolute Gasteiger partial charge is 0.303 e. The van der Waals surface area contributed by atoms with Gasteiger partial charge < -0.3 is 14.7 Å². The van der Waals surface area contributed by atoms with Gasteiger partial charge in [-0.1, -0.05) is 19.9 Å². The Morgan fingerprint density at radius 3 is 2.18 bits per heavy atom. The van der Waals surface area contributed by atoms with Crippen molar-refractivity contribution in [3.05, 3.63) is 28.8 Å². The van der Waals surface area contributed by atoms with Gasteiger partial charge in [-0.05, 0) is 42.5 Å². The fraction of sp³-hybridized carbons (Fsp3) is 0.619. The molecule has 0 fully saturated rings. The van der Waals surface area contributed by atoms with Crippen molar-refractivity contribution in [2.75, 3.05) is 31.5 Å². The number of halogens is 2. The summed E-state index contributed by atoms with van der Waals surface area (Å²) in [5.41, 5.74) is 2.82. The summed E-state index contributed by atoms with van der Waals surface area (Å²) in [4.78, 5) is 25.9. The number of carboxylic acids is 1. The molecule has 0 saturated heterocycles. The van der Waals surface area contributed by atoms with Gasteiger partial charge in [-0.2, -0.15) is 0 Å². The lowest BCUT2D eigenvalue weighted by molar-refractivity contribution is -0.137. The van der Waals surface area contributed by atoms with Crippen LogP contribution in [0.25, 0.3) is 0 Å². The monoisotopic (exact) mass is 431 g/mol. The first kappa shape index (κ1) is 24.6. The van der Waals surface area contributed by atoms with Crippen LogP contribution in [-0.4, -0.2) is 53.3 Å². The summed E-state index contributed by atoms with van der Waals surface area (Å²) in [6, 6.07) is 3.95. The molecule has 0 aromatic heterocycles. The van der Waals surface area contributed by atoms with Crippen molar-refractivity contribution in [2.45, 2.75) is 52.4 Å². The number of carbonyl (C=O) groups excluding carboxylic acids is 1. The summed E-state index contributed by atoms with van der Waals surface area (Å²) >= 11 is 11.6. The van der Waals surface area contributed by atoms with Gasteiger partial charge in [-0.3, -0.25) is 9.59 Å². The molecule has 1 aromatic rings. The van der Waals surface area contributed by atoms with E-state index < -0.39 is 11.9 Å². The number of ether oxygens (including phenoxy) is 1. The molecule has 0 aliphatic carbocycles. The number of carbonyl (C=O) groups is 2. The van der Waals surface area contributed by atoms with Crippen LogP contribution in [0.1, 0.15) is 62.1 Å². The number of nitrogens with zero attached hydrogens (tertiary/aromatic N) is 1. The molecule has 1 amide bonds. The molecule has 0 aliphatic heterocycles. The summed E-state index contributed by atoms with van der Waals surface area (Å²) in [6.07, 6.45) is -0.0138. The van der Waals surface area contributed by atoms with Gasteiger partial charge in [-0.25, -0.2) is 0 Å². The Morgan fingerprint density at radius 2 is 1.71 bits per heavy atom. The van der Waals surface area contributed by atoms with Crippen LogP contribution in [0.3, 0.4) is 0 Å². The normalized spacial score (nSPS) is 12.1. The van der Waals surface area contributed by atoms with Crippen LogP contribution in [0.4, 0.5) is 0 Å². The van der Waals surface area contributed by atoms with E-state index in [4.69, 9.17) is 27.9 Å². The molecule has 1 unspecified atom stereocenters. The minimum Gasteiger partial charge on any atom is -0.494 e. The standard InChI is InChI=1S/C21H31Cl2NO4/c1-5-28-19-10-15(4)18(13-17(19)14(2)3)16(12-21(26)27)11-20(25)24(8-6-22)9-7-23/h10,13-14,16H,5-9,11-12H2,1-4H3,(H,26,27). The molecule has 0 spiro atoms. The van der Waals surface area contributed by atoms with Gasteiger partial charge >= 0.3 is 5.97 Å². The fourth-order valence-corrected chi connectivity index (χ4v) is 3.70. The lowest BCUT2D eigenvalue weighted by atomic mass is 9.85. The molecule has 5 nitrogen and oxygen atoms in total. The molecule has 0 radical (unpaired) electrons. The lowest BCUT2D eigenvalue weighted by Crippen LogP contribution is -2.35. The second-order valence-corrected chi connectivity index (χ2v) is 7.85. The Balaban J connectivity index is 3.27. The van der Waals surface area contributed by atoms with Gasteiger partial charge in [0.1, 0.15) is 5.75 Å². The summed E-state index contributed by atoms with van der Waals surface area (Å²) in [5.74, 6) is 0.158. The number of aliphatic carboxylic acids is 1. The molecule has 0 heterocycles. The number of aryl methyl sites for hydroxylation is 1. The van der Waals surface area contributed by atoms with E-state index >= 15 is 0 Å². The summed E-state index contributed by atoms with van der Waals surface area (Å²) < 4.78 is 5.76. The van der Waals surface area contributed by atoms with Gasteiger partial charge in [0.15, 0.2) is 0 Å². The number of alkyl halides is 2. The zero-order valence-electron chi connectivity index (χ0n) is 17.1. The average molecular weight is 432 g/mol. The van der Waals surface area contributed by atoms with Crippen LogP contribution in [0.5, 0.6) is 5.75 Å². The average Bonchev–Trinajstić information content (AvgIpc) is 2.60. The van der Waals surface area contributed by atoms with E-state index in [-0.39, 0.29) is 24.7 Å². The van der Waals surface area contributed by atoms with Crippen LogP contribution < -0.4 is 4.74 Å². The van der Waals surface area contributed by atoms with E-state index in [1.165, 1.54) is 0 Å². The van der Waals surface area contributed by atoms with Crippen LogP contribution in [-0.2, 0) is 9.59 Å². The number of carboxylic acid groups (broad SMARTS) is 1. The predicted octanol–water partition coefficient (Wildman–Crippen LogP) is 4.77. The van der Waals surface area contributed by atoms with Gasteiger partial charge in [0, 0.05) is 37.2 Å². The minimum atomic E-state index is -0.932. The highest BCUT2D eigenvalue weighted by molar-refractivity contribution is 6.18. The quantitative estimate of drug-likeness (QED) is 0.483. The van der Waals surface area contributed by atoms with Gasteiger partial charge in [0.05, 0.1) is 13.0 Å². The maximum absolute atomic E-state index is 12.8. The second-order valence-electron chi connectivity index (χ2n) is 7.09. The summed E-state index contributed by atoms with van der Waals surface area (Å²) in [7, 11) is 0. The Hall–Kier alpha value is -1.46. The maximum Gasteiger partial charge on any atom is 0.303 e. The van der Waals surface area contributed by atoms with Crippen LogP contribution in [0, 0.1) is 6.92 Å². The molecule has 158 valence electrons. The highest BCUT2D eigenvalue weighted by Gasteiger charge is 2.25. The first-order valence-corrected chi connectivity index (χ1v) is 10.7. The summed E-state index contributed by atoms with van der Waals surface area (Å²) in [5, 5.41) is 9.42. The van der Waals surface area contributed by atoms with Crippen molar-refractivity contribution in [2.24, 2.45) is 0 Å². The van der Waals surface area contributed by atoms with Crippen molar-refractivity contribution in [3.8, 4) is 5.75 Å². The third-order valence-electron chi connectivity index (χ3n) is 4.66. The molecule has 28 heavy (non-hydrogen) atoms. The Morgan fingerprint density at radius 1 is 1.11 bits per heavy atom. The van der Waals surface area contributed by atoms with E-state index in [2.05, 4.69) is 13.8 Å². The van der Waals surface area contributed by atoms with Crippen LogP contribution in [0.2, 0.25) is 0 Å². The molecular formula is C21H31Cl2NO4. The highest BCUT2D eigenvalue weighted by Crippen LogP contribution is 2.35. The molecular weight excluding hydrogens is 401 g/mol. The minimum absolute atomic E-state index is 0.104. The van der Waals surface area contributed by atoms with E-state index in [1.807, 2.05) is 26.0 Å². The van der Waals surface area contributed by atoms with Gasteiger partial charge in [0.25, 0.3) is 0 Å². The first-order chi connectivity index (χ1) is 13.2. The van der Waals surface area contributed by atoms with E-state index in [9.17, 15) is 14.7 Å². The van der Waals surface area contributed by atoms with Crippen LogP contribution in [0.15, 0.2) is 12.1 Å². The molecule has 7 heteroatoms. The van der Waals surface area contributed by atoms with Gasteiger partial charge in [-0.15, -0.1) is 23.2 Å². The largest absolute Gasteiger partial charge is 0.494 e. The molecule has 1 N–H and O–H groups in total. The molecule has 0 bridgehead atoms. The fourth-order valence-electron chi connectivity index (χ4n) is 3.30. The number of amides is 1. The van der Waals surface area contributed by atoms with E-state index in [1.54, 1.807) is 4.90 Å². The topological polar surface area (TPSA) is 66.8 Å². The van der Waals surface area contributed by atoms with Crippen LogP contribution >= 0.6 is 23.2 Å². The third-order valence-corrected chi connectivity index (χ3v) is 5.00. The van der Waals surface area contributed by atoms with E-state index in [0.717, 1.165) is 22.4 Å². The second kappa shape index (κ2) is 12.2. The molecule has 1 rings (SSSR count). The van der Waals surface area contributed by atoms with Gasteiger partial charge in [0.2, 0.25) is 5.91 Å². The number of rotatable bonds is 12. The number of hydrogen-bond donors (Lipinski definition) is 1. The van der Waals surface area contributed by atoms with Crippen molar-refractivity contribution in [1.82, 2.24) is 4.90 Å². The van der Waals surface area contributed by atoms with Crippen molar-refractivity contribution in [3.63, 3.8) is 0 Å². The maximum atomic E-state index is 12.8. The Kier molecular flexibility index (Phi) is 10.7. The Labute approximate surface area is 178 Å². The first-order valence-electron chi connectivity index (χ1n) is 9.63. The third kappa shape index (κ3) is 7.17. The Bertz CT molecular complexity index is 658. The predicted molar refractivity (Wildman–Crippen MR) is 114 cm³/mol. The molecule has 1 atom stereocenters.